The summed E-state index contributed by atoms with van der Waals surface area (Å²) in [6.45, 7) is -1.34. The standard InChI is InChI=1S/C13H13F3N2O6S/c1-25(23,24)7-2-3-10(11(4-7)18(21)22)17-5-8(12(19)20)9(6-17)13(14,15)16/h2-4,8-9H,5-6H2,1H3,(H,19,20)/t8-,9-/m1/s1. The van der Waals surface area contributed by atoms with Crippen LogP contribution in [0, 0.1) is 22.0 Å². The van der Waals surface area contributed by atoms with Gasteiger partial charge in [0.05, 0.1) is 21.7 Å². The lowest BCUT2D eigenvalue weighted by molar-refractivity contribution is -0.384. The fourth-order valence-electron chi connectivity index (χ4n) is 2.73. The molecule has 0 aromatic heterocycles. The first kappa shape index (κ1) is 19.0. The lowest BCUT2D eigenvalue weighted by atomic mass is 9.96. The number of nitro benzene ring substituents is 1. The SMILES string of the molecule is CS(=O)(=O)c1ccc(N2C[C@@H](C(F)(F)F)[C@H](C(=O)O)C2)c([N+](=O)[O-])c1. The van der Waals surface area contributed by atoms with E-state index >= 15 is 0 Å². The smallest absolute Gasteiger partial charge is 0.394 e. The van der Waals surface area contributed by atoms with Gasteiger partial charge in [0.25, 0.3) is 5.69 Å². The van der Waals surface area contributed by atoms with Gasteiger partial charge in [-0.15, -0.1) is 0 Å². The highest BCUT2D eigenvalue weighted by Gasteiger charge is 2.53. The fourth-order valence-corrected chi connectivity index (χ4v) is 3.37. The van der Waals surface area contributed by atoms with Crippen LogP contribution in [0.5, 0.6) is 0 Å². The molecule has 1 aliphatic heterocycles. The van der Waals surface area contributed by atoms with E-state index in [0.717, 1.165) is 29.4 Å². The van der Waals surface area contributed by atoms with Crippen molar-refractivity contribution < 1.29 is 36.4 Å². The van der Waals surface area contributed by atoms with Crippen LogP contribution in [0.2, 0.25) is 0 Å². The molecule has 2 rings (SSSR count). The van der Waals surface area contributed by atoms with E-state index in [9.17, 15) is 36.5 Å². The summed E-state index contributed by atoms with van der Waals surface area (Å²) in [7, 11) is -3.75. The van der Waals surface area contributed by atoms with E-state index in [-0.39, 0.29) is 10.6 Å². The number of aliphatic carboxylic acids is 1. The van der Waals surface area contributed by atoms with Gasteiger partial charge in [-0.25, -0.2) is 8.42 Å². The zero-order chi connectivity index (χ0) is 19.2. The number of nitrogens with zero attached hydrogens (tertiary/aromatic N) is 2. The number of halogens is 3. The van der Waals surface area contributed by atoms with Crippen LogP contribution in [-0.2, 0) is 14.6 Å². The fraction of sp³-hybridized carbons (Fsp3) is 0.462. The van der Waals surface area contributed by atoms with Crippen molar-refractivity contribution in [2.24, 2.45) is 11.8 Å². The number of nitro groups is 1. The molecule has 1 saturated heterocycles. The molecule has 138 valence electrons. The molecule has 8 nitrogen and oxygen atoms in total. The predicted molar refractivity (Wildman–Crippen MR) is 79.1 cm³/mol. The average Bonchev–Trinajstić information content (AvgIpc) is 2.90. The number of alkyl halides is 3. The highest BCUT2D eigenvalue weighted by atomic mass is 32.2. The van der Waals surface area contributed by atoms with E-state index in [0.29, 0.717) is 0 Å². The number of anilines is 1. The van der Waals surface area contributed by atoms with Crippen molar-refractivity contribution in [3.05, 3.63) is 28.3 Å². The molecule has 25 heavy (non-hydrogen) atoms. The number of rotatable bonds is 4. The highest BCUT2D eigenvalue weighted by Crippen LogP contribution is 2.42. The minimum Gasteiger partial charge on any atom is -0.481 e. The number of hydrogen-bond acceptors (Lipinski definition) is 6. The van der Waals surface area contributed by atoms with Crippen molar-refractivity contribution in [1.29, 1.82) is 0 Å². The number of benzene rings is 1. The molecule has 1 aromatic carbocycles. The van der Waals surface area contributed by atoms with Crippen molar-refractivity contribution in [1.82, 2.24) is 0 Å². The molecular formula is C13H13F3N2O6S. The molecule has 12 heteroatoms. The Balaban J connectivity index is 2.48. The number of carboxylic acids is 1. The van der Waals surface area contributed by atoms with E-state index in [2.05, 4.69) is 0 Å². The van der Waals surface area contributed by atoms with Crippen LogP contribution < -0.4 is 4.90 Å². The molecule has 0 unspecified atom stereocenters. The molecule has 1 fully saturated rings. The number of carboxylic acid groups (broad SMARTS) is 1. The number of sulfone groups is 1. The summed E-state index contributed by atoms with van der Waals surface area (Å²) < 4.78 is 62.1. The molecule has 1 heterocycles. The summed E-state index contributed by atoms with van der Waals surface area (Å²) in [5, 5.41) is 20.2. The van der Waals surface area contributed by atoms with E-state index in [1.54, 1.807) is 0 Å². The number of carbonyl (C=O) groups is 1. The second-order valence-corrected chi connectivity index (χ2v) is 7.69. The molecular weight excluding hydrogens is 369 g/mol. The lowest BCUT2D eigenvalue weighted by Crippen LogP contribution is -2.33. The maximum atomic E-state index is 13.0. The zero-order valence-corrected chi connectivity index (χ0v) is 13.5. The van der Waals surface area contributed by atoms with Gasteiger partial charge in [-0.1, -0.05) is 0 Å². The normalized spacial score (nSPS) is 21.4. The van der Waals surface area contributed by atoms with Crippen molar-refractivity contribution in [3.63, 3.8) is 0 Å². The molecule has 0 aliphatic carbocycles. The maximum Gasteiger partial charge on any atom is 0.394 e. The Morgan fingerprint density at radius 2 is 1.96 bits per heavy atom. The Bertz CT molecular complexity index is 824. The van der Waals surface area contributed by atoms with Crippen LogP contribution in [0.15, 0.2) is 23.1 Å². The Labute approximate surface area is 139 Å². The third kappa shape index (κ3) is 3.83. The average molecular weight is 382 g/mol. The third-order valence-corrected chi connectivity index (χ3v) is 5.08. The van der Waals surface area contributed by atoms with Gasteiger partial charge in [0.15, 0.2) is 9.84 Å². The summed E-state index contributed by atoms with van der Waals surface area (Å²) in [4.78, 5) is 22.0. The van der Waals surface area contributed by atoms with E-state index in [4.69, 9.17) is 5.11 Å². The molecule has 1 aliphatic rings. The first-order valence-corrected chi connectivity index (χ1v) is 8.74. The Morgan fingerprint density at radius 3 is 2.36 bits per heavy atom. The maximum absolute atomic E-state index is 13.0. The van der Waals surface area contributed by atoms with Gasteiger partial charge in [-0.3, -0.25) is 14.9 Å². The minimum atomic E-state index is -4.78. The van der Waals surface area contributed by atoms with Gasteiger partial charge in [-0.05, 0) is 12.1 Å². The molecule has 2 atom stereocenters. The highest BCUT2D eigenvalue weighted by molar-refractivity contribution is 7.90. The Hall–Kier alpha value is -2.37. The predicted octanol–water partition coefficient (Wildman–Crippen LogP) is 1.70. The van der Waals surface area contributed by atoms with Crippen LogP contribution in [0.4, 0.5) is 24.5 Å². The minimum absolute atomic E-state index is 0.254. The molecule has 1 aromatic rings. The summed E-state index contributed by atoms with van der Waals surface area (Å²) >= 11 is 0. The van der Waals surface area contributed by atoms with Crippen LogP contribution in [0.1, 0.15) is 0 Å². The molecule has 0 saturated carbocycles. The first-order chi connectivity index (χ1) is 11.3. The monoisotopic (exact) mass is 382 g/mol. The van der Waals surface area contributed by atoms with Crippen molar-refractivity contribution in [3.8, 4) is 0 Å². The summed E-state index contributed by atoms with van der Waals surface area (Å²) in [5.74, 6) is -5.60. The van der Waals surface area contributed by atoms with Crippen molar-refractivity contribution >= 4 is 27.2 Å². The quantitative estimate of drug-likeness (QED) is 0.622. The second kappa shape index (κ2) is 6.17. The van der Waals surface area contributed by atoms with Gasteiger partial charge >= 0.3 is 12.1 Å². The van der Waals surface area contributed by atoms with Gasteiger partial charge in [0.2, 0.25) is 0 Å². The lowest BCUT2D eigenvalue weighted by Gasteiger charge is -2.19. The Kier molecular flexibility index (Phi) is 4.68. The summed E-state index contributed by atoms with van der Waals surface area (Å²) in [5.41, 5.74) is -0.953. The number of hydrogen-bond donors (Lipinski definition) is 1. The zero-order valence-electron chi connectivity index (χ0n) is 12.7. The third-order valence-electron chi connectivity index (χ3n) is 3.97. The topological polar surface area (TPSA) is 118 Å². The van der Waals surface area contributed by atoms with Crippen LogP contribution in [0.3, 0.4) is 0 Å². The molecule has 0 radical (unpaired) electrons. The molecule has 1 N–H and O–H groups in total. The molecule has 0 spiro atoms. The second-order valence-electron chi connectivity index (χ2n) is 5.68. The van der Waals surface area contributed by atoms with E-state index < -0.39 is 57.5 Å². The molecule has 0 amide bonds. The van der Waals surface area contributed by atoms with Crippen LogP contribution >= 0.6 is 0 Å². The van der Waals surface area contributed by atoms with Crippen molar-refractivity contribution in [2.75, 3.05) is 24.2 Å². The largest absolute Gasteiger partial charge is 0.481 e. The van der Waals surface area contributed by atoms with E-state index in [1.807, 2.05) is 0 Å². The van der Waals surface area contributed by atoms with Crippen LogP contribution in [-0.4, -0.2) is 49.9 Å². The van der Waals surface area contributed by atoms with Crippen LogP contribution in [0.25, 0.3) is 0 Å². The van der Waals surface area contributed by atoms with Gasteiger partial charge in [0, 0.05) is 25.4 Å². The Morgan fingerprint density at radius 1 is 1.36 bits per heavy atom. The van der Waals surface area contributed by atoms with Crippen molar-refractivity contribution in [2.45, 2.75) is 11.1 Å². The van der Waals surface area contributed by atoms with Gasteiger partial charge in [-0.2, -0.15) is 13.2 Å². The van der Waals surface area contributed by atoms with E-state index in [1.165, 1.54) is 0 Å². The summed E-state index contributed by atoms with van der Waals surface area (Å²) in [6, 6.07) is 2.81. The summed E-state index contributed by atoms with van der Waals surface area (Å²) in [6.07, 6.45) is -3.94. The van der Waals surface area contributed by atoms with Gasteiger partial charge in [0.1, 0.15) is 5.69 Å². The first-order valence-electron chi connectivity index (χ1n) is 6.85. The van der Waals surface area contributed by atoms with Gasteiger partial charge < -0.3 is 10.0 Å². The molecule has 0 bridgehead atoms.